The van der Waals surface area contributed by atoms with Crippen molar-refractivity contribution in [3.8, 4) is 0 Å². The molecule has 1 aliphatic rings. The lowest BCUT2D eigenvalue weighted by molar-refractivity contribution is 0.0681. The molecule has 7 nitrogen and oxygen atoms in total. The molecule has 0 saturated carbocycles. The number of aromatic carboxylic acids is 1. The maximum absolute atomic E-state index is 12.9. The Morgan fingerprint density at radius 1 is 1.24 bits per heavy atom. The molecule has 2 aromatic rings. The van der Waals surface area contributed by atoms with Crippen molar-refractivity contribution in [2.24, 2.45) is 0 Å². The van der Waals surface area contributed by atoms with E-state index in [1.807, 2.05) is 24.3 Å². The summed E-state index contributed by atoms with van der Waals surface area (Å²) in [5, 5.41) is 11.4. The van der Waals surface area contributed by atoms with Crippen LogP contribution in [0.1, 0.15) is 39.4 Å². The number of fused-ring (bicyclic) bond motifs is 1. The van der Waals surface area contributed by atoms with Gasteiger partial charge in [0.1, 0.15) is 17.1 Å². The van der Waals surface area contributed by atoms with E-state index in [-0.39, 0.29) is 18.4 Å². The predicted octanol–water partition coefficient (Wildman–Crippen LogP) is 2.34. The number of carbonyl (C=O) groups excluding carboxylic acids is 1. The van der Waals surface area contributed by atoms with Crippen LogP contribution in [0.15, 0.2) is 30.5 Å². The van der Waals surface area contributed by atoms with Crippen molar-refractivity contribution in [2.75, 3.05) is 0 Å². The number of hydrogen-bond donors (Lipinski definition) is 2. The standard InChI is InChI=1S/C16H14F2N4O3/c17-14(18)13-11(15(23)24)5-19-12(21-13)6-20-16(25)22-7-9-3-1-2-4-10(9)8-22/h1-5,14H,6-8H2,(H,20,25)(H,23,24). The summed E-state index contributed by atoms with van der Waals surface area (Å²) < 4.78 is 25.8. The molecule has 25 heavy (non-hydrogen) atoms. The number of rotatable bonds is 4. The number of halogens is 2. The molecule has 0 atom stereocenters. The highest BCUT2D eigenvalue weighted by Crippen LogP contribution is 2.22. The number of carboxylic acid groups (broad SMARTS) is 1. The topological polar surface area (TPSA) is 95.4 Å². The third kappa shape index (κ3) is 3.54. The van der Waals surface area contributed by atoms with Crippen LogP contribution in [-0.4, -0.2) is 32.0 Å². The summed E-state index contributed by atoms with van der Waals surface area (Å²) in [5.74, 6) is -1.61. The summed E-state index contributed by atoms with van der Waals surface area (Å²) >= 11 is 0. The van der Waals surface area contributed by atoms with Crippen LogP contribution in [0.2, 0.25) is 0 Å². The van der Waals surface area contributed by atoms with Gasteiger partial charge < -0.3 is 15.3 Å². The first-order chi connectivity index (χ1) is 12.0. The van der Waals surface area contributed by atoms with Crippen molar-refractivity contribution >= 4 is 12.0 Å². The van der Waals surface area contributed by atoms with Crippen molar-refractivity contribution in [2.45, 2.75) is 26.1 Å². The molecule has 1 aliphatic heterocycles. The van der Waals surface area contributed by atoms with Gasteiger partial charge in [0, 0.05) is 19.3 Å². The Morgan fingerprint density at radius 3 is 2.44 bits per heavy atom. The van der Waals surface area contributed by atoms with Crippen molar-refractivity contribution in [3.05, 3.63) is 58.7 Å². The van der Waals surface area contributed by atoms with Crippen LogP contribution < -0.4 is 5.32 Å². The minimum atomic E-state index is -3.04. The maximum Gasteiger partial charge on any atom is 0.339 e. The minimum Gasteiger partial charge on any atom is -0.478 e. The fourth-order valence-electron chi connectivity index (χ4n) is 2.59. The van der Waals surface area contributed by atoms with Gasteiger partial charge in [0.25, 0.3) is 6.43 Å². The van der Waals surface area contributed by atoms with Crippen molar-refractivity contribution < 1.29 is 23.5 Å². The molecule has 0 aliphatic carbocycles. The number of nitrogens with one attached hydrogen (secondary N) is 1. The molecule has 0 spiro atoms. The van der Waals surface area contributed by atoms with Gasteiger partial charge in [-0.2, -0.15) is 0 Å². The van der Waals surface area contributed by atoms with E-state index in [0.717, 1.165) is 17.3 Å². The number of carboxylic acids is 1. The molecule has 0 bridgehead atoms. The predicted molar refractivity (Wildman–Crippen MR) is 81.9 cm³/mol. The van der Waals surface area contributed by atoms with Crippen LogP contribution >= 0.6 is 0 Å². The Labute approximate surface area is 141 Å². The number of nitrogens with zero attached hydrogens (tertiary/aromatic N) is 3. The summed E-state index contributed by atoms with van der Waals surface area (Å²) in [7, 11) is 0. The van der Waals surface area contributed by atoms with Gasteiger partial charge in [-0.05, 0) is 11.1 Å². The third-order valence-electron chi connectivity index (χ3n) is 3.83. The van der Waals surface area contributed by atoms with Gasteiger partial charge in [-0.25, -0.2) is 28.3 Å². The van der Waals surface area contributed by atoms with E-state index in [4.69, 9.17) is 5.11 Å². The fourth-order valence-corrected chi connectivity index (χ4v) is 2.59. The van der Waals surface area contributed by atoms with E-state index in [1.54, 1.807) is 4.90 Å². The average Bonchev–Trinajstić information content (AvgIpc) is 3.03. The van der Waals surface area contributed by atoms with Gasteiger partial charge in [0.05, 0.1) is 6.54 Å². The van der Waals surface area contributed by atoms with Gasteiger partial charge in [-0.3, -0.25) is 0 Å². The zero-order valence-electron chi connectivity index (χ0n) is 12.9. The van der Waals surface area contributed by atoms with Crippen molar-refractivity contribution in [1.82, 2.24) is 20.2 Å². The largest absolute Gasteiger partial charge is 0.478 e. The molecule has 2 amide bonds. The SMILES string of the molecule is O=C(O)c1cnc(CNC(=O)N2Cc3ccccc3C2)nc1C(F)F. The Morgan fingerprint density at radius 2 is 1.88 bits per heavy atom. The Balaban J connectivity index is 1.65. The summed E-state index contributed by atoms with van der Waals surface area (Å²) in [6.07, 6.45) is -2.22. The van der Waals surface area contributed by atoms with E-state index in [2.05, 4.69) is 15.3 Å². The molecule has 3 rings (SSSR count). The second-order valence-corrected chi connectivity index (χ2v) is 5.47. The maximum atomic E-state index is 12.9. The summed E-state index contributed by atoms with van der Waals surface area (Å²) in [6, 6.07) is 7.28. The van der Waals surface area contributed by atoms with Crippen LogP contribution in [0, 0.1) is 0 Å². The van der Waals surface area contributed by atoms with E-state index >= 15 is 0 Å². The number of benzene rings is 1. The van der Waals surface area contributed by atoms with E-state index < -0.39 is 23.7 Å². The molecule has 1 aromatic carbocycles. The number of alkyl halides is 2. The third-order valence-corrected chi connectivity index (χ3v) is 3.83. The first kappa shape index (κ1) is 16.7. The van der Waals surface area contributed by atoms with E-state index in [9.17, 15) is 18.4 Å². The Kier molecular flexibility index (Phi) is 4.55. The average molecular weight is 348 g/mol. The van der Waals surface area contributed by atoms with Crippen molar-refractivity contribution in [3.63, 3.8) is 0 Å². The summed E-state index contributed by atoms with van der Waals surface area (Å²) in [4.78, 5) is 31.9. The number of aromatic nitrogens is 2. The molecular formula is C16H14F2N4O3. The lowest BCUT2D eigenvalue weighted by Crippen LogP contribution is -2.36. The highest BCUT2D eigenvalue weighted by molar-refractivity contribution is 5.88. The molecule has 2 N–H and O–H groups in total. The van der Waals surface area contributed by atoms with E-state index in [0.29, 0.717) is 13.1 Å². The molecule has 1 aromatic heterocycles. The van der Waals surface area contributed by atoms with Crippen LogP contribution in [0.5, 0.6) is 0 Å². The van der Waals surface area contributed by atoms with Crippen LogP contribution in [-0.2, 0) is 19.6 Å². The normalized spacial score (nSPS) is 13.0. The number of hydrogen-bond acceptors (Lipinski definition) is 4. The highest BCUT2D eigenvalue weighted by atomic mass is 19.3. The van der Waals surface area contributed by atoms with Gasteiger partial charge in [0.2, 0.25) is 0 Å². The van der Waals surface area contributed by atoms with Gasteiger partial charge >= 0.3 is 12.0 Å². The second-order valence-electron chi connectivity index (χ2n) is 5.47. The molecule has 0 fully saturated rings. The Hall–Kier alpha value is -3.10. The van der Waals surface area contributed by atoms with Gasteiger partial charge in [-0.1, -0.05) is 24.3 Å². The molecular weight excluding hydrogens is 334 g/mol. The van der Waals surface area contributed by atoms with E-state index in [1.165, 1.54) is 0 Å². The molecule has 2 heterocycles. The van der Waals surface area contributed by atoms with Crippen LogP contribution in [0.4, 0.5) is 13.6 Å². The molecule has 0 radical (unpaired) electrons. The quantitative estimate of drug-likeness (QED) is 0.884. The zero-order chi connectivity index (χ0) is 18.0. The lowest BCUT2D eigenvalue weighted by Gasteiger charge is -2.16. The molecule has 130 valence electrons. The van der Waals surface area contributed by atoms with Gasteiger partial charge in [0.15, 0.2) is 0 Å². The van der Waals surface area contributed by atoms with Crippen molar-refractivity contribution in [1.29, 1.82) is 0 Å². The first-order valence-corrected chi connectivity index (χ1v) is 7.42. The lowest BCUT2D eigenvalue weighted by atomic mass is 10.1. The smallest absolute Gasteiger partial charge is 0.339 e. The summed E-state index contributed by atoms with van der Waals surface area (Å²) in [6.45, 7) is 0.748. The fraction of sp³-hybridized carbons (Fsp3) is 0.250. The first-order valence-electron chi connectivity index (χ1n) is 7.42. The highest BCUT2D eigenvalue weighted by Gasteiger charge is 2.24. The zero-order valence-corrected chi connectivity index (χ0v) is 12.9. The second kappa shape index (κ2) is 6.80. The number of urea groups is 1. The molecule has 0 unspecified atom stereocenters. The minimum absolute atomic E-state index is 0.0784. The van der Waals surface area contributed by atoms with Gasteiger partial charge in [-0.15, -0.1) is 0 Å². The van der Waals surface area contributed by atoms with Crippen LogP contribution in [0.3, 0.4) is 0 Å². The Bertz CT molecular complexity index is 804. The molecule has 0 saturated heterocycles. The molecule has 9 heteroatoms. The summed E-state index contributed by atoms with van der Waals surface area (Å²) in [5.41, 5.74) is 0.597. The van der Waals surface area contributed by atoms with Crippen LogP contribution in [0.25, 0.3) is 0 Å². The number of amides is 2. The monoisotopic (exact) mass is 348 g/mol. The number of carbonyl (C=O) groups is 2.